The summed E-state index contributed by atoms with van der Waals surface area (Å²) in [6.07, 6.45) is -1.24. The van der Waals surface area contributed by atoms with Gasteiger partial charge in [-0.15, -0.1) is 0 Å². The maximum Gasteiger partial charge on any atom is 0.261 e. The summed E-state index contributed by atoms with van der Waals surface area (Å²) >= 11 is 6.17. The average Bonchev–Trinajstić information content (AvgIpc) is 3.42. The molecule has 0 saturated carbocycles. The Kier molecular flexibility index (Phi) is 6.92. The number of aryl methyl sites for hydroxylation is 2. The minimum Gasteiger partial charge on any atom is -0.363 e. The van der Waals surface area contributed by atoms with E-state index in [1.807, 2.05) is 31.2 Å². The molecule has 198 valence electrons. The summed E-state index contributed by atoms with van der Waals surface area (Å²) in [5, 5.41) is 14.9. The number of anilines is 2. The molecule has 2 aromatic heterocycles. The predicted octanol–water partition coefficient (Wildman–Crippen LogP) is 6.46. The molecule has 38 heavy (non-hydrogen) atoms. The first kappa shape index (κ1) is 25.8. The number of hydrogen-bond acceptors (Lipinski definition) is 4. The van der Waals surface area contributed by atoms with Gasteiger partial charge in [0.05, 0.1) is 35.9 Å². The Morgan fingerprint density at radius 1 is 1.18 bits per heavy atom. The van der Waals surface area contributed by atoms with E-state index < -0.39 is 30.2 Å². The van der Waals surface area contributed by atoms with Gasteiger partial charge in [0, 0.05) is 10.6 Å². The van der Waals surface area contributed by atoms with Crippen molar-refractivity contribution in [2.75, 3.05) is 10.6 Å². The van der Waals surface area contributed by atoms with Crippen molar-refractivity contribution < 1.29 is 18.0 Å². The maximum absolute atomic E-state index is 14.3. The summed E-state index contributed by atoms with van der Waals surface area (Å²) in [7, 11) is 0. The van der Waals surface area contributed by atoms with Gasteiger partial charge < -0.3 is 10.6 Å². The number of alkyl halides is 2. The van der Waals surface area contributed by atoms with E-state index in [1.165, 1.54) is 23.0 Å². The second-order valence-electron chi connectivity index (χ2n) is 9.45. The summed E-state index contributed by atoms with van der Waals surface area (Å²) in [5.74, 6) is -0.749. The number of carbonyl (C=O) groups excluding carboxylic acids is 1. The van der Waals surface area contributed by atoms with Crippen molar-refractivity contribution in [2.24, 2.45) is 0 Å². The zero-order valence-electron chi connectivity index (χ0n) is 21.0. The predicted molar refractivity (Wildman–Crippen MR) is 140 cm³/mol. The minimum atomic E-state index is -2.66. The molecule has 0 saturated heterocycles. The van der Waals surface area contributed by atoms with Crippen LogP contribution in [0.5, 0.6) is 0 Å². The zero-order valence-corrected chi connectivity index (χ0v) is 21.7. The number of nitrogens with one attached hydrogen (secondary N) is 2. The highest BCUT2D eigenvalue weighted by molar-refractivity contribution is 6.31. The molecule has 0 bridgehead atoms. The van der Waals surface area contributed by atoms with Gasteiger partial charge in [-0.25, -0.2) is 17.9 Å². The summed E-state index contributed by atoms with van der Waals surface area (Å²) in [5.41, 5.74) is 3.87. The molecule has 5 rings (SSSR count). The van der Waals surface area contributed by atoms with Crippen LogP contribution in [-0.4, -0.2) is 31.9 Å². The Balaban J connectivity index is 1.43. The molecule has 1 aliphatic rings. The summed E-state index contributed by atoms with van der Waals surface area (Å²) < 4.78 is 45.1. The lowest BCUT2D eigenvalue weighted by molar-refractivity contribution is 0.0657. The van der Waals surface area contributed by atoms with Crippen molar-refractivity contribution in [2.45, 2.75) is 52.2 Å². The Morgan fingerprint density at radius 2 is 1.92 bits per heavy atom. The third-order valence-electron chi connectivity index (χ3n) is 6.90. The number of rotatable bonds is 6. The van der Waals surface area contributed by atoms with Crippen LogP contribution < -0.4 is 10.6 Å². The Hall–Kier alpha value is -3.79. The first-order chi connectivity index (χ1) is 18.1. The van der Waals surface area contributed by atoms with Crippen molar-refractivity contribution >= 4 is 29.0 Å². The molecule has 3 heterocycles. The summed E-state index contributed by atoms with van der Waals surface area (Å²) in [4.78, 5) is 13.4. The van der Waals surface area contributed by atoms with E-state index in [-0.39, 0.29) is 34.9 Å². The molecule has 11 heteroatoms. The van der Waals surface area contributed by atoms with Gasteiger partial charge in [-0.05, 0) is 44.9 Å². The molecule has 7 nitrogen and oxygen atoms in total. The van der Waals surface area contributed by atoms with E-state index in [1.54, 1.807) is 24.6 Å². The first-order valence-corrected chi connectivity index (χ1v) is 12.5. The maximum atomic E-state index is 14.3. The zero-order chi connectivity index (χ0) is 27.1. The van der Waals surface area contributed by atoms with Crippen LogP contribution in [0.1, 0.15) is 56.9 Å². The number of aromatic nitrogens is 4. The third kappa shape index (κ3) is 4.76. The number of amides is 1. The number of carbonyl (C=O) groups is 1. The van der Waals surface area contributed by atoms with Crippen LogP contribution in [0.15, 0.2) is 48.7 Å². The molecule has 1 amide bonds. The topological polar surface area (TPSA) is 76.8 Å². The number of nitrogens with zero attached hydrogens (tertiary/aromatic N) is 4. The smallest absolute Gasteiger partial charge is 0.261 e. The van der Waals surface area contributed by atoms with Crippen molar-refractivity contribution in [3.05, 3.63) is 93.1 Å². The van der Waals surface area contributed by atoms with Crippen LogP contribution in [0.3, 0.4) is 0 Å². The van der Waals surface area contributed by atoms with Crippen LogP contribution in [0.4, 0.5) is 24.7 Å². The van der Waals surface area contributed by atoms with Crippen molar-refractivity contribution in [3.8, 4) is 0 Å². The van der Waals surface area contributed by atoms with Gasteiger partial charge >= 0.3 is 0 Å². The van der Waals surface area contributed by atoms with E-state index in [9.17, 15) is 18.0 Å². The highest BCUT2D eigenvalue weighted by Gasteiger charge is 2.36. The fourth-order valence-corrected chi connectivity index (χ4v) is 4.99. The standard InChI is InChI=1S/C27H26ClF3N6O/c1-14-7-9-17(10-8-14)22-11-23(25(30)31)37-26(33-22)18(12-32-37)27(38)34-24-15(2)35-36(16(24)3)13-19-20(28)5-4-6-21(19)29/h4-10,12,22-23,25,33H,11,13H2,1-3H3,(H,34,38)/t22-,23+/m1/s1. The van der Waals surface area contributed by atoms with Gasteiger partial charge in [0.2, 0.25) is 0 Å². The fraction of sp³-hybridized carbons (Fsp3) is 0.296. The van der Waals surface area contributed by atoms with Gasteiger partial charge in [-0.1, -0.05) is 47.5 Å². The molecule has 1 aliphatic heterocycles. The van der Waals surface area contributed by atoms with E-state index in [4.69, 9.17) is 11.6 Å². The average molecular weight is 543 g/mol. The van der Waals surface area contributed by atoms with Gasteiger partial charge in [0.1, 0.15) is 23.2 Å². The number of benzene rings is 2. The van der Waals surface area contributed by atoms with Gasteiger partial charge in [-0.3, -0.25) is 9.48 Å². The van der Waals surface area contributed by atoms with Gasteiger partial charge in [0.15, 0.2) is 0 Å². The monoisotopic (exact) mass is 542 g/mol. The van der Waals surface area contributed by atoms with Crippen LogP contribution in [0.25, 0.3) is 0 Å². The summed E-state index contributed by atoms with van der Waals surface area (Å²) in [6, 6.07) is 10.5. The largest absolute Gasteiger partial charge is 0.363 e. The molecule has 4 aromatic rings. The molecule has 2 N–H and O–H groups in total. The molecule has 2 aromatic carbocycles. The lowest BCUT2D eigenvalue weighted by Crippen LogP contribution is -2.31. The second kappa shape index (κ2) is 10.2. The molecular formula is C27H26ClF3N6O. The summed E-state index contributed by atoms with van der Waals surface area (Å²) in [6.45, 7) is 5.49. The van der Waals surface area contributed by atoms with Crippen LogP contribution in [0.2, 0.25) is 5.02 Å². The normalized spacial score (nSPS) is 16.8. The number of hydrogen-bond donors (Lipinski definition) is 2. The minimum absolute atomic E-state index is 0.0765. The first-order valence-electron chi connectivity index (χ1n) is 12.1. The third-order valence-corrected chi connectivity index (χ3v) is 7.26. The van der Waals surface area contributed by atoms with Crippen molar-refractivity contribution in [3.63, 3.8) is 0 Å². The Bertz CT molecular complexity index is 1480. The molecule has 0 aliphatic carbocycles. The molecule has 2 atom stereocenters. The SMILES string of the molecule is Cc1ccc([C@H]2C[C@@H](C(F)F)n3ncc(C(=O)Nc4c(C)nn(Cc5c(F)cccc5Cl)c4C)c3N2)cc1. The van der Waals surface area contributed by atoms with E-state index in [0.29, 0.717) is 17.1 Å². The van der Waals surface area contributed by atoms with E-state index in [2.05, 4.69) is 20.8 Å². The lowest BCUT2D eigenvalue weighted by Gasteiger charge is -2.32. The highest BCUT2D eigenvalue weighted by atomic mass is 35.5. The second-order valence-corrected chi connectivity index (χ2v) is 9.86. The van der Waals surface area contributed by atoms with Crippen molar-refractivity contribution in [1.29, 1.82) is 0 Å². The van der Waals surface area contributed by atoms with Crippen LogP contribution in [0, 0.1) is 26.6 Å². The quantitative estimate of drug-likeness (QED) is 0.293. The van der Waals surface area contributed by atoms with E-state index >= 15 is 0 Å². The van der Waals surface area contributed by atoms with Crippen molar-refractivity contribution in [1.82, 2.24) is 19.6 Å². The fourth-order valence-electron chi connectivity index (χ4n) is 4.76. The molecule has 0 unspecified atom stereocenters. The molecule has 0 spiro atoms. The van der Waals surface area contributed by atoms with Crippen LogP contribution in [-0.2, 0) is 6.54 Å². The highest BCUT2D eigenvalue weighted by Crippen LogP contribution is 2.39. The number of halogens is 4. The van der Waals surface area contributed by atoms with E-state index in [0.717, 1.165) is 11.1 Å². The Morgan fingerprint density at radius 3 is 2.61 bits per heavy atom. The van der Waals surface area contributed by atoms with Gasteiger partial charge in [0.25, 0.3) is 12.3 Å². The van der Waals surface area contributed by atoms with Gasteiger partial charge in [-0.2, -0.15) is 10.2 Å². The Labute approximate surface area is 222 Å². The molecular weight excluding hydrogens is 517 g/mol. The lowest BCUT2D eigenvalue weighted by atomic mass is 9.96. The van der Waals surface area contributed by atoms with Crippen LogP contribution >= 0.6 is 11.6 Å². The molecule has 0 radical (unpaired) electrons. The molecule has 0 fully saturated rings. The number of fused-ring (bicyclic) bond motifs is 1.